The van der Waals surface area contributed by atoms with Crippen LogP contribution in [0.15, 0.2) is 23.9 Å². The number of hydrogen-bond acceptors (Lipinski definition) is 3. The number of hydrogen-bond donors (Lipinski definition) is 3. The van der Waals surface area contributed by atoms with Crippen LogP contribution in [0.1, 0.15) is 26.2 Å². The fraction of sp³-hybridized carbons (Fsp3) is 0.500. The fourth-order valence-corrected chi connectivity index (χ4v) is 1.81. The summed E-state index contributed by atoms with van der Waals surface area (Å²) in [5.41, 5.74) is -0.776. The first kappa shape index (κ1) is 11.7. The number of carbonyl (C=O) groups excluding carboxylic acids is 1. The van der Waals surface area contributed by atoms with Crippen molar-refractivity contribution in [1.29, 1.82) is 0 Å². The van der Waals surface area contributed by atoms with Crippen molar-refractivity contribution in [3.8, 4) is 0 Å². The van der Waals surface area contributed by atoms with E-state index in [2.05, 4.69) is 10.6 Å². The van der Waals surface area contributed by atoms with E-state index in [1.54, 1.807) is 0 Å². The Labute approximate surface area is 99.6 Å². The average molecular weight is 236 g/mol. The number of nitrogens with one attached hydrogen (secondary N) is 2. The van der Waals surface area contributed by atoms with Crippen LogP contribution >= 0.6 is 0 Å². The van der Waals surface area contributed by atoms with E-state index in [1.165, 1.54) is 18.4 Å². The number of aliphatic carboxylic acids is 1. The van der Waals surface area contributed by atoms with Crippen molar-refractivity contribution < 1.29 is 14.7 Å². The number of carboxylic acid groups (broad SMARTS) is 1. The Hall–Kier alpha value is -1.78. The smallest absolute Gasteiger partial charge is 0.335 e. The van der Waals surface area contributed by atoms with Gasteiger partial charge in [-0.15, -0.1) is 0 Å². The van der Waals surface area contributed by atoms with Crippen molar-refractivity contribution in [1.82, 2.24) is 10.6 Å². The maximum Gasteiger partial charge on any atom is 0.335 e. The van der Waals surface area contributed by atoms with Crippen molar-refractivity contribution in [2.24, 2.45) is 0 Å². The van der Waals surface area contributed by atoms with Gasteiger partial charge < -0.3 is 15.7 Å². The molecule has 2 aliphatic rings. The molecule has 0 aromatic carbocycles. The molecule has 92 valence electrons. The van der Waals surface area contributed by atoms with Gasteiger partial charge in [-0.05, 0) is 37.6 Å². The molecule has 0 radical (unpaired) electrons. The minimum absolute atomic E-state index is 0.148. The Morgan fingerprint density at radius 2 is 2.29 bits per heavy atom. The third kappa shape index (κ3) is 2.33. The molecule has 1 aliphatic heterocycles. The Morgan fingerprint density at radius 1 is 1.59 bits per heavy atom. The number of amides is 1. The van der Waals surface area contributed by atoms with Gasteiger partial charge in [-0.25, -0.2) is 4.79 Å². The Morgan fingerprint density at radius 3 is 2.82 bits per heavy atom. The standard InChI is InChI=1S/C12H16N2O3/c1-2-12(11(17)14-9-3-4-9)7-8(10(15)16)5-6-13-12/h5-7,9,13H,2-4H2,1H3,(H,14,17)(H,15,16). The highest BCUT2D eigenvalue weighted by Crippen LogP contribution is 2.24. The van der Waals surface area contributed by atoms with Gasteiger partial charge in [-0.2, -0.15) is 0 Å². The van der Waals surface area contributed by atoms with Crippen LogP contribution in [0, 0.1) is 0 Å². The summed E-state index contributed by atoms with van der Waals surface area (Å²) in [5.74, 6) is -1.16. The zero-order valence-electron chi connectivity index (χ0n) is 9.69. The van der Waals surface area contributed by atoms with E-state index >= 15 is 0 Å². The highest BCUT2D eigenvalue weighted by atomic mass is 16.4. The summed E-state index contributed by atoms with van der Waals surface area (Å²) in [5, 5.41) is 14.8. The summed E-state index contributed by atoms with van der Waals surface area (Å²) in [6, 6.07) is 0.264. The molecule has 0 bridgehead atoms. The summed E-state index contributed by atoms with van der Waals surface area (Å²) in [6.07, 6.45) is 7.01. The quantitative estimate of drug-likeness (QED) is 0.665. The van der Waals surface area contributed by atoms with E-state index in [4.69, 9.17) is 5.11 Å². The third-order valence-electron chi connectivity index (χ3n) is 3.13. The van der Waals surface area contributed by atoms with Crippen LogP contribution < -0.4 is 10.6 Å². The summed E-state index contributed by atoms with van der Waals surface area (Å²) in [7, 11) is 0. The highest BCUT2D eigenvalue weighted by molar-refractivity contribution is 5.96. The maximum atomic E-state index is 12.1. The van der Waals surface area contributed by atoms with E-state index < -0.39 is 11.5 Å². The van der Waals surface area contributed by atoms with Gasteiger partial charge in [0.1, 0.15) is 5.54 Å². The van der Waals surface area contributed by atoms with Crippen LogP contribution in [0.5, 0.6) is 0 Å². The molecule has 0 aromatic heterocycles. The van der Waals surface area contributed by atoms with Gasteiger partial charge in [0.25, 0.3) is 0 Å². The molecule has 1 atom stereocenters. The topological polar surface area (TPSA) is 78.4 Å². The van der Waals surface area contributed by atoms with Gasteiger partial charge in [0.15, 0.2) is 0 Å². The lowest BCUT2D eigenvalue weighted by Gasteiger charge is -2.31. The summed E-state index contributed by atoms with van der Waals surface area (Å²) in [6.45, 7) is 1.86. The van der Waals surface area contributed by atoms with E-state index in [1.807, 2.05) is 6.92 Å². The monoisotopic (exact) mass is 236 g/mol. The predicted molar refractivity (Wildman–Crippen MR) is 62.2 cm³/mol. The van der Waals surface area contributed by atoms with Crippen molar-refractivity contribution in [3.05, 3.63) is 23.9 Å². The maximum absolute atomic E-state index is 12.1. The first-order valence-corrected chi connectivity index (χ1v) is 5.79. The van der Waals surface area contributed by atoms with E-state index in [0.29, 0.717) is 6.42 Å². The van der Waals surface area contributed by atoms with E-state index in [0.717, 1.165) is 12.8 Å². The number of carbonyl (C=O) groups is 2. The van der Waals surface area contributed by atoms with Crippen LogP contribution in [0.3, 0.4) is 0 Å². The Bertz CT molecular complexity index is 410. The van der Waals surface area contributed by atoms with Crippen molar-refractivity contribution in [2.75, 3.05) is 0 Å². The van der Waals surface area contributed by atoms with Gasteiger partial charge in [-0.3, -0.25) is 4.79 Å². The second kappa shape index (κ2) is 4.24. The zero-order chi connectivity index (χ0) is 12.5. The van der Waals surface area contributed by atoms with Crippen LogP contribution in [0.4, 0.5) is 0 Å². The molecule has 3 N–H and O–H groups in total. The summed E-state index contributed by atoms with van der Waals surface area (Å²) < 4.78 is 0. The Balaban J connectivity index is 2.21. The molecule has 1 unspecified atom stereocenters. The lowest BCUT2D eigenvalue weighted by Crippen LogP contribution is -2.55. The van der Waals surface area contributed by atoms with Crippen LogP contribution in [0.2, 0.25) is 0 Å². The average Bonchev–Trinajstić information content (AvgIpc) is 3.12. The third-order valence-corrected chi connectivity index (χ3v) is 3.13. The molecule has 1 amide bonds. The molecule has 0 spiro atoms. The molecule has 1 saturated carbocycles. The second-order valence-corrected chi connectivity index (χ2v) is 4.46. The van der Waals surface area contributed by atoms with Gasteiger partial charge in [0, 0.05) is 6.04 Å². The zero-order valence-corrected chi connectivity index (χ0v) is 9.69. The van der Waals surface area contributed by atoms with Gasteiger partial charge in [0.2, 0.25) is 5.91 Å². The minimum atomic E-state index is -1.01. The van der Waals surface area contributed by atoms with Crippen LogP contribution in [-0.2, 0) is 9.59 Å². The van der Waals surface area contributed by atoms with E-state index in [-0.39, 0.29) is 17.5 Å². The van der Waals surface area contributed by atoms with Gasteiger partial charge >= 0.3 is 5.97 Å². The molecule has 1 aliphatic carbocycles. The van der Waals surface area contributed by atoms with Gasteiger partial charge in [-0.1, -0.05) is 6.92 Å². The molecule has 5 nitrogen and oxygen atoms in total. The van der Waals surface area contributed by atoms with Crippen molar-refractivity contribution >= 4 is 11.9 Å². The van der Waals surface area contributed by atoms with Crippen LogP contribution in [-0.4, -0.2) is 28.6 Å². The SMILES string of the molecule is CCC1(C(=O)NC2CC2)C=C(C(=O)O)C=CN1. The highest BCUT2D eigenvalue weighted by Gasteiger charge is 2.38. The molecule has 17 heavy (non-hydrogen) atoms. The lowest BCUT2D eigenvalue weighted by atomic mass is 9.90. The van der Waals surface area contributed by atoms with Crippen molar-refractivity contribution in [3.63, 3.8) is 0 Å². The lowest BCUT2D eigenvalue weighted by molar-refractivity contribution is -0.132. The number of carboxylic acids is 1. The summed E-state index contributed by atoms with van der Waals surface area (Å²) in [4.78, 5) is 23.1. The molecule has 1 fully saturated rings. The molecule has 5 heteroatoms. The molecular formula is C12H16N2O3. The number of dihydropyridines is 1. The number of rotatable bonds is 4. The van der Waals surface area contributed by atoms with Gasteiger partial charge in [0.05, 0.1) is 5.57 Å². The molecule has 1 heterocycles. The van der Waals surface area contributed by atoms with E-state index in [9.17, 15) is 9.59 Å². The first-order valence-electron chi connectivity index (χ1n) is 5.79. The second-order valence-electron chi connectivity index (χ2n) is 4.46. The summed E-state index contributed by atoms with van der Waals surface area (Å²) >= 11 is 0. The molecule has 0 saturated heterocycles. The molecular weight excluding hydrogens is 220 g/mol. The predicted octanol–water partition coefficient (Wildman–Crippen LogP) is 0.542. The largest absolute Gasteiger partial charge is 0.478 e. The van der Waals surface area contributed by atoms with Crippen molar-refractivity contribution in [2.45, 2.75) is 37.8 Å². The molecule has 0 aromatic rings. The normalized spacial score (nSPS) is 27.0. The molecule has 2 rings (SSSR count). The fourth-order valence-electron chi connectivity index (χ4n) is 1.81. The Kier molecular flexibility index (Phi) is 2.92. The van der Waals surface area contributed by atoms with Crippen LogP contribution in [0.25, 0.3) is 0 Å². The first-order chi connectivity index (χ1) is 8.07. The minimum Gasteiger partial charge on any atom is -0.478 e.